The number of aliphatic hydroxyl groups excluding tert-OH is 1. The first kappa shape index (κ1) is 27.5. The van der Waals surface area contributed by atoms with Crippen LogP contribution in [0.1, 0.15) is 36.5 Å². The molecule has 1 aromatic heterocycles. The molecule has 1 fully saturated rings. The highest BCUT2D eigenvalue weighted by molar-refractivity contribution is 6.05. The smallest absolute Gasteiger partial charge is 0.273 e. The minimum atomic E-state index is -0.223. The molecule has 5 rings (SSSR count). The van der Waals surface area contributed by atoms with Crippen molar-refractivity contribution in [2.45, 2.75) is 38.9 Å². The van der Waals surface area contributed by atoms with Crippen molar-refractivity contribution in [1.82, 2.24) is 14.9 Å². The van der Waals surface area contributed by atoms with E-state index < -0.39 is 0 Å². The summed E-state index contributed by atoms with van der Waals surface area (Å²) in [7, 11) is 0. The molecule has 2 aliphatic heterocycles. The monoisotopic (exact) mass is 540 g/mol. The summed E-state index contributed by atoms with van der Waals surface area (Å²) in [6.07, 6.45) is 7.24. The van der Waals surface area contributed by atoms with Crippen LogP contribution in [-0.4, -0.2) is 64.1 Å². The number of likely N-dealkylation sites (tertiary alicyclic amines) is 1. The van der Waals surface area contributed by atoms with E-state index in [-0.39, 0.29) is 25.0 Å². The molecule has 1 amide bonds. The van der Waals surface area contributed by atoms with Gasteiger partial charge in [0.2, 0.25) is 0 Å². The van der Waals surface area contributed by atoms with Crippen LogP contribution in [0.3, 0.4) is 0 Å². The van der Waals surface area contributed by atoms with E-state index in [0.717, 1.165) is 60.3 Å². The Kier molecular flexibility index (Phi) is 8.54. The number of pyridine rings is 1. The average molecular weight is 541 g/mol. The summed E-state index contributed by atoms with van der Waals surface area (Å²) in [4.78, 5) is 30.8. The van der Waals surface area contributed by atoms with Gasteiger partial charge < -0.3 is 16.6 Å². The summed E-state index contributed by atoms with van der Waals surface area (Å²) in [6, 6.07) is 15.5. The third-order valence-corrected chi connectivity index (χ3v) is 7.07. The Hall–Kier alpha value is -4.05. The van der Waals surface area contributed by atoms with Gasteiger partial charge in [0.25, 0.3) is 5.91 Å². The lowest BCUT2D eigenvalue weighted by atomic mass is 10.0. The van der Waals surface area contributed by atoms with Gasteiger partial charge in [-0.15, -0.1) is 0 Å². The number of amides is 1. The Balaban J connectivity index is 1.32. The van der Waals surface area contributed by atoms with Crippen LogP contribution in [0.25, 0.3) is 17.2 Å². The number of carbonyl (C=O) groups is 1. The first-order valence-electron chi connectivity index (χ1n) is 13.7. The minimum Gasteiger partial charge on any atom is -0.399 e. The van der Waals surface area contributed by atoms with Crippen molar-refractivity contribution in [2.75, 3.05) is 31.9 Å². The Morgan fingerprint density at radius 1 is 1.07 bits per heavy atom. The molecule has 0 spiro atoms. The van der Waals surface area contributed by atoms with Gasteiger partial charge in [0, 0.05) is 67.4 Å². The van der Waals surface area contributed by atoms with Gasteiger partial charge >= 0.3 is 0 Å². The number of nitrogens with zero attached hydrogens (tertiary/aromatic N) is 4. The van der Waals surface area contributed by atoms with E-state index in [9.17, 15) is 9.90 Å². The summed E-state index contributed by atoms with van der Waals surface area (Å²) in [5, 5.41) is 10.9. The summed E-state index contributed by atoms with van der Waals surface area (Å²) >= 11 is 0. The van der Waals surface area contributed by atoms with Crippen molar-refractivity contribution < 1.29 is 14.7 Å². The highest BCUT2D eigenvalue weighted by atomic mass is 16.7. The number of hydrogen-bond acceptors (Lipinski definition) is 8. The van der Waals surface area contributed by atoms with Crippen LogP contribution in [0.2, 0.25) is 0 Å². The number of benzene rings is 2. The molecule has 9 heteroatoms. The molecule has 208 valence electrons. The van der Waals surface area contributed by atoms with Crippen molar-refractivity contribution in [3.8, 4) is 11.1 Å². The lowest BCUT2D eigenvalue weighted by Crippen LogP contribution is -2.51. The molecule has 3 heterocycles. The van der Waals surface area contributed by atoms with Gasteiger partial charge in [0.15, 0.2) is 0 Å². The Bertz CT molecular complexity index is 1410. The van der Waals surface area contributed by atoms with Crippen LogP contribution in [-0.2, 0) is 22.7 Å². The molecule has 0 aliphatic carbocycles. The maximum Gasteiger partial charge on any atom is 0.273 e. The first-order valence-corrected chi connectivity index (χ1v) is 13.7. The number of nitrogen functional groups attached to an aromatic ring is 1. The number of hydrogen-bond donors (Lipinski definition) is 3. The van der Waals surface area contributed by atoms with Gasteiger partial charge in [0.05, 0.1) is 11.8 Å². The van der Waals surface area contributed by atoms with Crippen LogP contribution >= 0.6 is 0 Å². The van der Waals surface area contributed by atoms with Gasteiger partial charge in [-0.1, -0.05) is 31.2 Å². The molecule has 0 unspecified atom stereocenters. The topological polar surface area (TPSA) is 130 Å². The molecular formula is C31H36N6O3. The van der Waals surface area contributed by atoms with E-state index in [2.05, 4.69) is 20.9 Å². The van der Waals surface area contributed by atoms with Gasteiger partial charge in [-0.2, -0.15) is 0 Å². The number of rotatable bonds is 10. The van der Waals surface area contributed by atoms with Crippen LogP contribution in [0, 0.1) is 0 Å². The number of hydroxylamine groups is 2. The number of carbonyl (C=O) groups excluding carboxylic acids is 1. The maximum absolute atomic E-state index is 13.5. The number of amidine groups is 1. The maximum atomic E-state index is 13.5. The number of β-amino-alcohol motifs (C(OH)–C–C–N with tert-alkyl or cyclic N) is 1. The Morgan fingerprint density at radius 2 is 1.88 bits per heavy atom. The molecule has 9 nitrogen and oxygen atoms in total. The lowest BCUT2D eigenvalue weighted by Gasteiger charge is -2.35. The molecule has 0 saturated carbocycles. The third-order valence-electron chi connectivity index (χ3n) is 7.07. The van der Waals surface area contributed by atoms with Crippen molar-refractivity contribution >= 4 is 29.2 Å². The summed E-state index contributed by atoms with van der Waals surface area (Å²) < 4.78 is 0. The molecular weight excluding hydrogens is 504 g/mol. The molecule has 0 radical (unpaired) electrons. The first-order chi connectivity index (χ1) is 19.4. The molecule has 40 heavy (non-hydrogen) atoms. The number of aliphatic hydroxyl groups is 1. The summed E-state index contributed by atoms with van der Waals surface area (Å²) in [6.45, 7) is 5.08. The van der Waals surface area contributed by atoms with E-state index in [0.29, 0.717) is 29.3 Å². The number of fused-ring (bicyclic) bond motifs is 1. The fourth-order valence-electron chi connectivity index (χ4n) is 4.86. The standard InChI is InChI=1S/C31H36N6O3/c1-2-10-37(40-20-21-3-7-27(32)8-4-21)31(39)25-13-24-6-5-23(14-29(24)35-30(33)15-25)26-12-22(16-34-17-26)9-11-36-18-28(38)19-36/h3-8,12-14,16-17,28,38H,2,9-11,15,18-20,32H2,1H3,(H2,33,35). The number of aromatic nitrogens is 1. The van der Waals surface area contributed by atoms with Gasteiger partial charge in [-0.3, -0.25) is 19.5 Å². The number of nitrogens with two attached hydrogens (primary N) is 2. The second-order valence-corrected chi connectivity index (χ2v) is 10.4. The van der Waals surface area contributed by atoms with E-state index in [4.69, 9.17) is 16.3 Å². The molecule has 5 N–H and O–H groups in total. The number of aliphatic imine (C=N–C) groups is 1. The fourth-order valence-corrected chi connectivity index (χ4v) is 4.86. The second kappa shape index (κ2) is 12.4. The molecule has 0 atom stereocenters. The van der Waals surface area contributed by atoms with Crippen LogP contribution in [0.4, 0.5) is 11.4 Å². The van der Waals surface area contributed by atoms with Crippen LogP contribution in [0.5, 0.6) is 0 Å². The molecule has 2 aliphatic rings. The summed E-state index contributed by atoms with van der Waals surface area (Å²) in [5.74, 6) is 0.146. The molecule has 2 aromatic carbocycles. The van der Waals surface area contributed by atoms with E-state index in [1.165, 1.54) is 5.06 Å². The minimum absolute atomic E-state index is 0.196. The Labute approximate surface area is 234 Å². The van der Waals surface area contributed by atoms with E-state index in [1.807, 2.05) is 67.9 Å². The Morgan fingerprint density at radius 3 is 2.62 bits per heavy atom. The lowest BCUT2D eigenvalue weighted by molar-refractivity contribution is -0.187. The SMILES string of the molecule is CCCN(OCc1ccc(N)cc1)C(=O)C1=Cc2ccc(-c3cncc(CCN4CC(O)C4)c3)cc2N=C(N)C1. The summed E-state index contributed by atoms with van der Waals surface area (Å²) in [5.41, 5.74) is 18.8. The van der Waals surface area contributed by atoms with Crippen molar-refractivity contribution in [1.29, 1.82) is 0 Å². The molecule has 0 bridgehead atoms. The predicted molar refractivity (Wildman–Crippen MR) is 157 cm³/mol. The zero-order valence-electron chi connectivity index (χ0n) is 22.8. The van der Waals surface area contributed by atoms with E-state index in [1.54, 1.807) is 0 Å². The zero-order valence-corrected chi connectivity index (χ0v) is 22.8. The predicted octanol–water partition coefficient (Wildman–Crippen LogP) is 3.70. The second-order valence-electron chi connectivity index (χ2n) is 10.4. The largest absolute Gasteiger partial charge is 0.399 e. The molecule has 1 saturated heterocycles. The van der Waals surface area contributed by atoms with Crippen molar-refractivity contribution in [2.24, 2.45) is 10.7 Å². The normalized spacial score (nSPS) is 15.4. The van der Waals surface area contributed by atoms with Crippen LogP contribution in [0.15, 0.2) is 71.5 Å². The molecule has 3 aromatic rings. The van der Waals surface area contributed by atoms with Crippen molar-refractivity contribution in [3.63, 3.8) is 0 Å². The fraction of sp³-hybridized carbons (Fsp3) is 0.323. The van der Waals surface area contributed by atoms with Crippen molar-refractivity contribution in [3.05, 3.63) is 83.2 Å². The highest BCUT2D eigenvalue weighted by Crippen LogP contribution is 2.32. The third kappa shape index (κ3) is 6.74. The van der Waals surface area contributed by atoms with Gasteiger partial charge in [0.1, 0.15) is 12.4 Å². The van der Waals surface area contributed by atoms with Gasteiger partial charge in [-0.25, -0.2) is 10.1 Å². The van der Waals surface area contributed by atoms with E-state index >= 15 is 0 Å². The number of anilines is 1. The quantitative estimate of drug-likeness (QED) is 0.264. The van der Waals surface area contributed by atoms with Crippen LogP contribution < -0.4 is 11.5 Å². The highest BCUT2D eigenvalue weighted by Gasteiger charge is 2.24. The average Bonchev–Trinajstić information content (AvgIpc) is 3.11. The van der Waals surface area contributed by atoms with Gasteiger partial charge in [-0.05, 0) is 59.9 Å². The zero-order chi connectivity index (χ0) is 28.1.